The molecule has 1 N–H and O–H groups in total. The second kappa shape index (κ2) is 4.63. The van der Waals surface area contributed by atoms with E-state index in [2.05, 4.69) is 15.3 Å². The monoisotopic (exact) mass is 257 g/mol. The van der Waals surface area contributed by atoms with Gasteiger partial charge in [-0.05, 0) is 12.1 Å². The molecule has 0 spiro atoms. The Bertz CT molecular complexity index is 519. The first-order valence-corrected chi connectivity index (χ1v) is 5.11. The number of anilines is 2. The number of rotatable bonds is 2. The van der Waals surface area contributed by atoms with Crippen LogP contribution in [0.15, 0.2) is 30.6 Å². The van der Waals surface area contributed by atoms with Crippen molar-refractivity contribution < 1.29 is 4.39 Å². The highest BCUT2D eigenvalue weighted by molar-refractivity contribution is 6.31. The summed E-state index contributed by atoms with van der Waals surface area (Å²) in [5.74, 6) is -0.125. The van der Waals surface area contributed by atoms with E-state index in [9.17, 15) is 4.39 Å². The fraction of sp³-hybridized carbons (Fsp3) is 0. The Morgan fingerprint density at radius 3 is 2.75 bits per heavy atom. The Hall–Kier alpha value is -1.39. The molecule has 6 heteroatoms. The molecular weight excluding hydrogens is 252 g/mol. The molecule has 16 heavy (non-hydrogen) atoms. The molecule has 1 aromatic carbocycles. The molecule has 2 rings (SSSR count). The third kappa shape index (κ3) is 2.40. The minimum Gasteiger partial charge on any atom is -0.338 e. The van der Waals surface area contributed by atoms with E-state index in [1.54, 1.807) is 12.1 Å². The van der Waals surface area contributed by atoms with Gasteiger partial charge in [0.2, 0.25) is 0 Å². The minimum absolute atomic E-state index is 0.0464. The smallest absolute Gasteiger partial charge is 0.165 e. The van der Waals surface area contributed by atoms with Crippen molar-refractivity contribution >= 4 is 34.7 Å². The van der Waals surface area contributed by atoms with E-state index >= 15 is 0 Å². The molecule has 0 fully saturated rings. The molecule has 2 aromatic rings. The van der Waals surface area contributed by atoms with Gasteiger partial charge in [-0.2, -0.15) is 0 Å². The van der Waals surface area contributed by atoms with E-state index in [0.29, 0.717) is 5.82 Å². The molecule has 0 aliphatic rings. The van der Waals surface area contributed by atoms with Gasteiger partial charge in [0.1, 0.15) is 17.3 Å². The molecule has 1 heterocycles. The molecule has 3 nitrogen and oxygen atoms in total. The number of halogens is 3. The Labute approximate surface area is 101 Å². The largest absolute Gasteiger partial charge is 0.338 e. The van der Waals surface area contributed by atoms with Crippen molar-refractivity contribution in [1.29, 1.82) is 0 Å². The van der Waals surface area contributed by atoms with Gasteiger partial charge in [0, 0.05) is 6.07 Å². The van der Waals surface area contributed by atoms with E-state index < -0.39 is 5.82 Å². The van der Waals surface area contributed by atoms with Crippen molar-refractivity contribution in [3.63, 3.8) is 0 Å². The summed E-state index contributed by atoms with van der Waals surface area (Å²) in [7, 11) is 0. The lowest BCUT2D eigenvalue weighted by molar-refractivity contribution is 0.632. The lowest BCUT2D eigenvalue weighted by atomic mass is 10.3. The number of benzene rings is 1. The average molecular weight is 258 g/mol. The zero-order valence-corrected chi connectivity index (χ0v) is 9.43. The van der Waals surface area contributed by atoms with Crippen molar-refractivity contribution in [3.05, 3.63) is 46.6 Å². The zero-order chi connectivity index (χ0) is 11.5. The zero-order valence-electron chi connectivity index (χ0n) is 7.92. The van der Waals surface area contributed by atoms with E-state index in [0.717, 1.165) is 0 Å². The summed E-state index contributed by atoms with van der Waals surface area (Å²) >= 11 is 11.3. The third-order valence-corrected chi connectivity index (χ3v) is 2.35. The second-order valence-corrected chi connectivity index (χ2v) is 3.75. The highest BCUT2D eigenvalue weighted by Crippen LogP contribution is 2.24. The third-order valence-electron chi connectivity index (χ3n) is 1.85. The SMILES string of the molecule is Fc1c(Cl)cccc1Nc1cc(Cl)ncn1. The van der Waals surface area contributed by atoms with E-state index in [-0.39, 0.29) is 15.9 Å². The average Bonchev–Trinajstić information content (AvgIpc) is 2.25. The van der Waals surface area contributed by atoms with Gasteiger partial charge >= 0.3 is 0 Å². The number of hydrogen-bond donors (Lipinski definition) is 1. The topological polar surface area (TPSA) is 37.8 Å². The Morgan fingerprint density at radius 2 is 2.00 bits per heavy atom. The minimum atomic E-state index is -0.529. The number of nitrogens with one attached hydrogen (secondary N) is 1. The van der Waals surface area contributed by atoms with Crippen LogP contribution in [-0.4, -0.2) is 9.97 Å². The van der Waals surface area contributed by atoms with Crippen molar-refractivity contribution in [2.75, 3.05) is 5.32 Å². The molecule has 0 unspecified atom stereocenters. The van der Waals surface area contributed by atoms with Gasteiger partial charge in [-0.25, -0.2) is 14.4 Å². The van der Waals surface area contributed by atoms with Crippen molar-refractivity contribution in [2.24, 2.45) is 0 Å². The molecular formula is C10H6Cl2FN3. The molecule has 0 bridgehead atoms. The number of aromatic nitrogens is 2. The van der Waals surface area contributed by atoms with Gasteiger partial charge in [-0.15, -0.1) is 0 Å². The maximum atomic E-state index is 13.5. The lowest BCUT2D eigenvalue weighted by Gasteiger charge is -2.07. The van der Waals surface area contributed by atoms with Crippen LogP contribution in [0.1, 0.15) is 0 Å². The van der Waals surface area contributed by atoms with Crippen LogP contribution in [0.2, 0.25) is 10.2 Å². The fourth-order valence-electron chi connectivity index (χ4n) is 1.14. The highest BCUT2D eigenvalue weighted by Gasteiger charge is 2.06. The van der Waals surface area contributed by atoms with Crippen LogP contribution in [0, 0.1) is 5.82 Å². The summed E-state index contributed by atoms with van der Waals surface area (Å²) < 4.78 is 13.5. The first kappa shape index (κ1) is 11.1. The summed E-state index contributed by atoms with van der Waals surface area (Å²) in [6, 6.07) is 6.14. The van der Waals surface area contributed by atoms with E-state index in [1.165, 1.54) is 18.5 Å². The molecule has 82 valence electrons. The van der Waals surface area contributed by atoms with Crippen LogP contribution < -0.4 is 5.32 Å². The summed E-state index contributed by atoms with van der Waals surface area (Å²) in [4.78, 5) is 7.61. The standard InChI is InChI=1S/C10H6Cl2FN3/c11-6-2-1-3-7(10(6)13)16-9-4-8(12)14-5-15-9/h1-5H,(H,14,15,16). The Balaban J connectivity index is 2.31. The van der Waals surface area contributed by atoms with Gasteiger partial charge in [0.25, 0.3) is 0 Å². The Kier molecular flexibility index (Phi) is 3.22. The van der Waals surface area contributed by atoms with Crippen LogP contribution in [0.3, 0.4) is 0 Å². The summed E-state index contributed by atoms with van der Waals surface area (Å²) in [6.45, 7) is 0. The maximum absolute atomic E-state index is 13.5. The molecule has 0 aliphatic heterocycles. The molecule has 0 radical (unpaired) electrons. The normalized spacial score (nSPS) is 10.2. The van der Waals surface area contributed by atoms with Gasteiger partial charge in [-0.3, -0.25) is 0 Å². The van der Waals surface area contributed by atoms with Crippen molar-refractivity contribution in [1.82, 2.24) is 9.97 Å². The molecule has 0 saturated heterocycles. The maximum Gasteiger partial charge on any atom is 0.165 e. The molecule has 0 saturated carbocycles. The lowest BCUT2D eigenvalue weighted by Crippen LogP contribution is -1.96. The van der Waals surface area contributed by atoms with E-state index in [1.807, 2.05) is 0 Å². The van der Waals surface area contributed by atoms with Crippen LogP contribution in [0.25, 0.3) is 0 Å². The highest BCUT2D eigenvalue weighted by atomic mass is 35.5. The summed E-state index contributed by atoms with van der Waals surface area (Å²) in [5, 5.41) is 3.08. The number of hydrogen-bond acceptors (Lipinski definition) is 3. The van der Waals surface area contributed by atoms with Crippen LogP contribution in [0.5, 0.6) is 0 Å². The summed E-state index contributed by atoms with van der Waals surface area (Å²) in [5.41, 5.74) is 0.238. The fourth-order valence-corrected chi connectivity index (χ4v) is 1.46. The molecule has 0 atom stereocenters. The van der Waals surface area contributed by atoms with Crippen LogP contribution in [-0.2, 0) is 0 Å². The van der Waals surface area contributed by atoms with Gasteiger partial charge in [-0.1, -0.05) is 29.3 Å². The van der Waals surface area contributed by atoms with E-state index in [4.69, 9.17) is 23.2 Å². The van der Waals surface area contributed by atoms with Gasteiger partial charge in [0.15, 0.2) is 5.82 Å². The predicted molar refractivity (Wildman–Crippen MR) is 61.7 cm³/mol. The van der Waals surface area contributed by atoms with Crippen LogP contribution >= 0.6 is 23.2 Å². The van der Waals surface area contributed by atoms with Gasteiger partial charge < -0.3 is 5.32 Å². The first-order chi connectivity index (χ1) is 7.66. The van der Waals surface area contributed by atoms with Crippen LogP contribution in [0.4, 0.5) is 15.9 Å². The molecule has 0 aliphatic carbocycles. The predicted octanol–water partition coefficient (Wildman–Crippen LogP) is 3.67. The van der Waals surface area contributed by atoms with Crippen molar-refractivity contribution in [3.8, 4) is 0 Å². The van der Waals surface area contributed by atoms with Crippen molar-refractivity contribution in [2.45, 2.75) is 0 Å². The summed E-state index contributed by atoms with van der Waals surface area (Å²) in [6.07, 6.45) is 1.28. The van der Waals surface area contributed by atoms with Gasteiger partial charge in [0.05, 0.1) is 10.7 Å². The number of nitrogens with zero attached hydrogens (tertiary/aromatic N) is 2. The second-order valence-electron chi connectivity index (χ2n) is 2.95. The quantitative estimate of drug-likeness (QED) is 0.835. The molecule has 0 amide bonds. The Morgan fingerprint density at radius 1 is 1.19 bits per heavy atom. The molecule has 1 aromatic heterocycles. The first-order valence-electron chi connectivity index (χ1n) is 4.35.